The molecule has 0 bridgehead atoms. The number of ether oxygens (including phenoxy) is 1. The van der Waals surface area contributed by atoms with Crippen molar-refractivity contribution in [1.82, 2.24) is 20.0 Å². The van der Waals surface area contributed by atoms with E-state index in [1.165, 1.54) is 11.4 Å². The van der Waals surface area contributed by atoms with Crippen LogP contribution in [0.2, 0.25) is 0 Å². The topological polar surface area (TPSA) is 45.6 Å². The van der Waals surface area contributed by atoms with E-state index >= 15 is 0 Å². The molecule has 0 radical (unpaired) electrons. The van der Waals surface area contributed by atoms with E-state index < -0.39 is 0 Å². The van der Waals surface area contributed by atoms with Crippen LogP contribution in [-0.2, 0) is 18.3 Å². The molecule has 0 aliphatic carbocycles. The van der Waals surface area contributed by atoms with Gasteiger partial charge >= 0.3 is 0 Å². The molecule has 140 valence electrons. The molecular formula is C17H34ClN5O. The van der Waals surface area contributed by atoms with Crippen molar-refractivity contribution in [3.63, 3.8) is 0 Å². The monoisotopic (exact) mass is 359 g/mol. The van der Waals surface area contributed by atoms with E-state index in [0.29, 0.717) is 18.2 Å². The fourth-order valence-electron chi connectivity index (χ4n) is 3.57. The van der Waals surface area contributed by atoms with E-state index in [-0.39, 0.29) is 12.4 Å². The number of halogens is 1. The molecule has 0 aromatic carbocycles. The minimum absolute atomic E-state index is 0. The molecule has 1 aliphatic heterocycles. The molecule has 2 rings (SSSR count). The van der Waals surface area contributed by atoms with Gasteiger partial charge in [-0.1, -0.05) is 0 Å². The number of anilines is 1. The maximum Gasteiger partial charge on any atom is 0.130 e. The molecule has 3 atom stereocenters. The van der Waals surface area contributed by atoms with Gasteiger partial charge in [0.1, 0.15) is 5.82 Å². The molecule has 6 nitrogen and oxygen atoms in total. The minimum atomic E-state index is 0. The van der Waals surface area contributed by atoms with E-state index in [1.54, 1.807) is 0 Å². The Morgan fingerprint density at radius 2 is 1.88 bits per heavy atom. The van der Waals surface area contributed by atoms with E-state index in [0.717, 1.165) is 31.9 Å². The lowest BCUT2D eigenvalue weighted by molar-refractivity contribution is -0.0781. The van der Waals surface area contributed by atoms with E-state index in [1.807, 2.05) is 11.7 Å². The first-order valence-electron chi connectivity index (χ1n) is 8.59. The van der Waals surface area contributed by atoms with Crippen LogP contribution in [0.5, 0.6) is 0 Å². The molecule has 1 saturated heterocycles. The second-order valence-corrected chi connectivity index (χ2v) is 7.10. The van der Waals surface area contributed by atoms with Crippen molar-refractivity contribution in [2.45, 2.75) is 52.5 Å². The van der Waals surface area contributed by atoms with Crippen molar-refractivity contribution in [3.8, 4) is 0 Å². The van der Waals surface area contributed by atoms with Gasteiger partial charge in [-0.25, -0.2) is 0 Å². The van der Waals surface area contributed by atoms with Crippen LogP contribution in [0.3, 0.4) is 0 Å². The smallest absolute Gasteiger partial charge is 0.130 e. The predicted molar refractivity (Wildman–Crippen MR) is 102 cm³/mol. The van der Waals surface area contributed by atoms with Crippen LogP contribution in [0.25, 0.3) is 0 Å². The van der Waals surface area contributed by atoms with Gasteiger partial charge in [0.05, 0.1) is 17.9 Å². The highest BCUT2D eigenvalue weighted by atomic mass is 35.5. The second kappa shape index (κ2) is 9.04. The summed E-state index contributed by atoms with van der Waals surface area (Å²) in [5.74, 6) is 1.18. The molecule has 1 aliphatic rings. The summed E-state index contributed by atoms with van der Waals surface area (Å²) in [7, 11) is 6.14. The van der Waals surface area contributed by atoms with Crippen LogP contribution in [0.4, 0.5) is 5.82 Å². The number of nitrogens with zero attached hydrogens (tertiary/aromatic N) is 4. The van der Waals surface area contributed by atoms with E-state index in [9.17, 15) is 0 Å². The van der Waals surface area contributed by atoms with Gasteiger partial charge < -0.3 is 15.0 Å². The summed E-state index contributed by atoms with van der Waals surface area (Å²) in [6.07, 6.45) is 0.643. The molecule has 3 unspecified atom stereocenters. The van der Waals surface area contributed by atoms with Crippen LogP contribution in [0, 0.1) is 6.92 Å². The zero-order chi connectivity index (χ0) is 17.1. The first-order valence-corrected chi connectivity index (χ1v) is 8.59. The third-order valence-electron chi connectivity index (χ3n) is 4.55. The molecule has 0 amide bonds. The zero-order valence-corrected chi connectivity index (χ0v) is 17.0. The van der Waals surface area contributed by atoms with Crippen LogP contribution in [-0.4, -0.2) is 66.7 Å². The maximum atomic E-state index is 5.82. The van der Waals surface area contributed by atoms with E-state index in [2.05, 4.69) is 62.0 Å². The lowest BCUT2D eigenvalue weighted by Gasteiger charge is -2.39. The van der Waals surface area contributed by atoms with Crippen molar-refractivity contribution < 1.29 is 4.74 Å². The summed E-state index contributed by atoms with van der Waals surface area (Å²) in [5.41, 5.74) is 2.39. The molecule has 1 aromatic rings. The second-order valence-electron chi connectivity index (χ2n) is 7.10. The van der Waals surface area contributed by atoms with Crippen molar-refractivity contribution in [1.29, 1.82) is 0 Å². The Morgan fingerprint density at radius 1 is 1.29 bits per heavy atom. The molecule has 1 fully saturated rings. The zero-order valence-electron chi connectivity index (χ0n) is 16.2. The summed E-state index contributed by atoms with van der Waals surface area (Å²) < 4.78 is 7.78. The average Bonchev–Trinajstić information content (AvgIpc) is 2.72. The Kier molecular flexibility index (Phi) is 7.99. The normalized spacial score (nSPS) is 23.0. The number of nitrogens with one attached hydrogen (secondary N) is 1. The molecule has 0 saturated carbocycles. The van der Waals surface area contributed by atoms with Crippen molar-refractivity contribution in [2.75, 3.05) is 38.6 Å². The summed E-state index contributed by atoms with van der Waals surface area (Å²) in [5, 5.41) is 8.16. The van der Waals surface area contributed by atoms with Crippen LogP contribution in [0.15, 0.2) is 0 Å². The first-order chi connectivity index (χ1) is 10.8. The fraction of sp³-hybridized carbons (Fsp3) is 0.824. The number of rotatable bonds is 6. The molecule has 0 spiro atoms. The quantitative estimate of drug-likeness (QED) is 0.839. The highest BCUT2D eigenvalue weighted by Gasteiger charge is 2.25. The van der Waals surface area contributed by atoms with Gasteiger partial charge in [0, 0.05) is 58.9 Å². The molecular weight excluding hydrogens is 326 g/mol. The van der Waals surface area contributed by atoms with Crippen molar-refractivity contribution >= 4 is 18.2 Å². The summed E-state index contributed by atoms with van der Waals surface area (Å²) >= 11 is 0. The SMILES string of the molecule is Cc1nn(C)c(N(C)C)c1CNCC(C)N1CC(C)OC(C)C1.Cl. The number of aromatic nitrogens is 2. The third-order valence-corrected chi connectivity index (χ3v) is 4.55. The molecule has 24 heavy (non-hydrogen) atoms. The van der Waals surface area contributed by atoms with Gasteiger partial charge in [0.2, 0.25) is 0 Å². The Hall–Kier alpha value is -0.820. The predicted octanol–water partition coefficient (Wildman–Crippen LogP) is 1.80. The van der Waals surface area contributed by atoms with Crippen LogP contribution in [0.1, 0.15) is 32.0 Å². The van der Waals surface area contributed by atoms with Gasteiger partial charge in [-0.05, 0) is 27.7 Å². The number of morpholine rings is 1. The number of hydrogen-bond donors (Lipinski definition) is 1. The highest BCUT2D eigenvalue weighted by molar-refractivity contribution is 5.85. The molecule has 7 heteroatoms. The Labute approximate surface area is 152 Å². The van der Waals surface area contributed by atoms with Gasteiger partial charge in [-0.2, -0.15) is 5.10 Å². The molecule has 1 N–H and O–H groups in total. The maximum absolute atomic E-state index is 5.82. The first kappa shape index (κ1) is 21.2. The Balaban J connectivity index is 0.00000288. The third kappa shape index (κ3) is 5.09. The van der Waals surface area contributed by atoms with Gasteiger partial charge in [-0.15, -0.1) is 12.4 Å². The average molecular weight is 360 g/mol. The lowest BCUT2D eigenvalue weighted by Crippen LogP contribution is -2.51. The highest BCUT2D eigenvalue weighted by Crippen LogP contribution is 2.21. The van der Waals surface area contributed by atoms with Gasteiger partial charge in [0.15, 0.2) is 0 Å². The van der Waals surface area contributed by atoms with Gasteiger partial charge in [-0.3, -0.25) is 9.58 Å². The van der Waals surface area contributed by atoms with E-state index in [4.69, 9.17) is 4.74 Å². The van der Waals surface area contributed by atoms with Crippen molar-refractivity contribution in [2.24, 2.45) is 7.05 Å². The van der Waals surface area contributed by atoms with Crippen LogP contribution >= 0.6 is 12.4 Å². The molecule has 1 aromatic heterocycles. The largest absolute Gasteiger partial charge is 0.373 e. The summed E-state index contributed by atoms with van der Waals surface area (Å²) in [6, 6.07) is 0.503. The summed E-state index contributed by atoms with van der Waals surface area (Å²) in [4.78, 5) is 4.65. The van der Waals surface area contributed by atoms with Crippen molar-refractivity contribution in [3.05, 3.63) is 11.3 Å². The lowest BCUT2D eigenvalue weighted by atomic mass is 10.1. The van der Waals surface area contributed by atoms with Crippen LogP contribution < -0.4 is 10.2 Å². The van der Waals surface area contributed by atoms with Gasteiger partial charge in [0.25, 0.3) is 0 Å². The Bertz CT molecular complexity index is 509. The Morgan fingerprint density at radius 3 is 2.42 bits per heavy atom. The standard InChI is InChI=1S/C17H33N5O.ClH/c1-12(22-10-13(2)23-14(3)11-22)8-18-9-16-15(4)19-21(7)17(16)20(5)6;/h12-14,18H,8-11H2,1-7H3;1H. The fourth-order valence-corrected chi connectivity index (χ4v) is 3.57. The molecule has 2 heterocycles. The number of aryl methyl sites for hydroxylation is 2. The number of hydrogen-bond acceptors (Lipinski definition) is 5. The minimum Gasteiger partial charge on any atom is -0.373 e. The summed E-state index contributed by atoms with van der Waals surface area (Å²) in [6.45, 7) is 12.5.